The monoisotopic (exact) mass is 675 g/mol. The molecule has 4 aliphatic heterocycles. The van der Waals surface area contributed by atoms with Crippen LogP contribution in [-0.4, -0.2) is 94.5 Å². The van der Waals surface area contributed by atoms with Crippen LogP contribution in [0.3, 0.4) is 0 Å². The highest BCUT2D eigenvalue weighted by molar-refractivity contribution is 6.01. The Bertz CT molecular complexity index is 1570. The molecule has 13 heteroatoms. The topological polar surface area (TPSA) is 156 Å². The van der Waals surface area contributed by atoms with Crippen LogP contribution in [0.4, 0.5) is 4.79 Å². The normalized spacial score (nSPS) is 24.3. The molecule has 1 aromatic heterocycles. The summed E-state index contributed by atoms with van der Waals surface area (Å²) in [5.41, 5.74) is 1.08. The number of fused-ring (bicyclic) bond motifs is 1. The minimum atomic E-state index is -0.714. The molecule has 5 heterocycles. The fourth-order valence-electron chi connectivity index (χ4n) is 7.20. The molecule has 262 valence electrons. The summed E-state index contributed by atoms with van der Waals surface area (Å²) in [5.74, 6) is 0.255. The summed E-state index contributed by atoms with van der Waals surface area (Å²) in [6.45, 7) is 6.92. The van der Waals surface area contributed by atoms with Gasteiger partial charge in [-0.05, 0) is 83.1 Å². The molecule has 0 aliphatic carbocycles. The molecule has 0 saturated carbocycles. The number of nitrogens with one attached hydrogen (secondary N) is 2. The third-order valence-corrected chi connectivity index (χ3v) is 9.64. The highest BCUT2D eigenvalue weighted by atomic mass is 16.6. The number of carbonyl (C=O) groups is 5. The maximum atomic E-state index is 13.7. The number of nitrogens with zero attached hydrogens (tertiary/aromatic N) is 3. The van der Waals surface area contributed by atoms with Crippen molar-refractivity contribution in [1.29, 1.82) is 0 Å². The highest BCUT2D eigenvalue weighted by Crippen LogP contribution is 2.37. The zero-order valence-electron chi connectivity index (χ0n) is 28.3. The van der Waals surface area contributed by atoms with Gasteiger partial charge in [-0.2, -0.15) is 0 Å². The minimum Gasteiger partial charge on any atom is -0.490 e. The van der Waals surface area contributed by atoms with Crippen molar-refractivity contribution >= 4 is 29.7 Å². The maximum absolute atomic E-state index is 13.7. The van der Waals surface area contributed by atoms with Gasteiger partial charge in [0.2, 0.25) is 23.6 Å². The van der Waals surface area contributed by atoms with Crippen LogP contribution in [0.15, 0.2) is 42.7 Å². The molecule has 2 N–H and O–H groups in total. The number of imide groups is 1. The Labute approximate surface area is 286 Å². The van der Waals surface area contributed by atoms with Gasteiger partial charge in [-0.15, -0.1) is 0 Å². The number of ether oxygens (including phenoxy) is 3. The van der Waals surface area contributed by atoms with E-state index in [2.05, 4.69) is 15.6 Å². The number of rotatable bonds is 9. The van der Waals surface area contributed by atoms with E-state index in [9.17, 15) is 24.0 Å². The van der Waals surface area contributed by atoms with Crippen LogP contribution in [0, 0.1) is 0 Å². The van der Waals surface area contributed by atoms with Crippen LogP contribution in [0.2, 0.25) is 0 Å². The fourth-order valence-corrected chi connectivity index (χ4v) is 7.20. The highest BCUT2D eigenvalue weighted by Gasteiger charge is 2.48. The molecule has 4 saturated heterocycles. The molecule has 49 heavy (non-hydrogen) atoms. The third kappa shape index (κ3) is 7.97. The number of carbonyl (C=O) groups excluding carboxylic acids is 5. The van der Waals surface area contributed by atoms with Crippen molar-refractivity contribution in [1.82, 2.24) is 25.4 Å². The molecule has 5 amide bonds. The summed E-state index contributed by atoms with van der Waals surface area (Å²) in [6, 6.07) is 7.84. The molecule has 4 atom stereocenters. The first-order chi connectivity index (χ1) is 23.5. The molecule has 1 aromatic carbocycles. The Kier molecular flexibility index (Phi) is 10.1. The van der Waals surface area contributed by atoms with Gasteiger partial charge in [0, 0.05) is 49.4 Å². The fraction of sp³-hybridized carbons (Fsp3) is 0.556. The van der Waals surface area contributed by atoms with E-state index in [1.165, 1.54) is 0 Å². The summed E-state index contributed by atoms with van der Waals surface area (Å²) < 4.78 is 17.3. The van der Waals surface area contributed by atoms with Crippen LogP contribution in [-0.2, 0) is 23.9 Å². The largest absolute Gasteiger partial charge is 0.490 e. The molecular formula is C36H45N5O8. The van der Waals surface area contributed by atoms with Crippen molar-refractivity contribution in [2.45, 2.75) is 101 Å². The van der Waals surface area contributed by atoms with Gasteiger partial charge in [0.25, 0.3) is 0 Å². The van der Waals surface area contributed by atoms with Crippen molar-refractivity contribution in [2.75, 3.05) is 26.3 Å². The van der Waals surface area contributed by atoms with E-state index in [4.69, 9.17) is 14.2 Å². The zero-order chi connectivity index (χ0) is 34.7. The number of amides is 5. The molecule has 1 unspecified atom stereocenters. The first kappa shape index (κ1) is 34.2. The van der Waals surface area contributed by atoms with Crippen molar-refractivity contribution in [3.05, 3.63) is 53.9 Å². The van der Waals surface area contributed by atoms with Gasteiger partial charge in [0.15, 0.2) is 0 Å². The van der Waals surface area contributed by atoms with Crippen LogP contribution in [0.1, 0.15) is 88.7 Å². The molecule has 2 aromatic rings. The Morgan fingerprint density at radius 1 is 0.959 bits per heavy atom. The molecule has 4 fully saturated rings. The van der Waals surface area contributed by atoms with Gasteiger partial charge in [-0.1, -0.05) is 12.1 Å². The molecule has 6 rings (SSSR count). The maximum Gasteiger partial charge on any atom is 0.408 e. The number of piperidine rings is 1. The van der Waals surface area contributed by atoms with E-state index in [-0.39, 0.29) is 41.5 Å². The quantitative estimate of drug-likeness (QED) is 0.300. The van der Waals surface area contributed by atoms with E-state index >= 15 is 0 Å². The standard InChI is InChI=1S/C36H45N5O8/c1-36(2,3)49-35(46)38-28-6-4-5-24-9-13-29(41(24)33(28)44)34(45)40-20-23(21-40)27-19-37-16-15-30(27)48-18-17-47-25-10-7-22(8-11-25)26-12-14-31(42)39-32(26)43/h7-8,10-11,15-16,19,23-24,26,28-29H,4-6,9,12-14,17-18,20-21H2,1-3H3,(H,38,46)(H,39,42,43)/t24-,26?,28-,29-/m0/s1. The SMILES string of the molecule is CC(C)(C)OC(=O)N[C@H]1CCC[C@H]2CC[C@@H](C(=O)N3CC(c4cnccc4OCCOc4ccc(C5CCC(=O)NC5=O)cc4)C3)N2C1=O. The number of likely N-dealkylation sites (tertiary alicyclic amines) is 1. The summed E-state index contributed by atoms with van der Waals surface area (Å²) in [6.07, 6.45) is 7.12. The van der Waals surface area contributed by atoms with Gasteiger partial charge in [-0.3, -0.25) is 29.5 Å². The number of hydrogen-bond donors (Lipinski definition) is 2. The second-order valence-corrected chi connectivity index (χ2v) is 14.2. The van der Waals surface area contributed by atoms with E-state index in [1.54, 1.807) is 55.1 Å². The minimum absolute atomic E-state index is 0.00669. The zero-order valence-corrected chi connectivity index (χ0v) is 28.3. The summed E-state index contributed by atoms with van der Waals surface area (Å²) in [4.78, 5) is 71.3. The lowest BCUT2D eigenvalue weighted by Gasteiger charge is -2.42. The van der Waals surface area contributed by atoms with Crippen molar-refractivity contribution < 1.29 is 38.2 Å². The average molecular weight is 676 g/mol. The van der Waals surface area contributed by atoms with Gasteiger partial charge < -0.3 is 29.3 Å². The Morgan fingerprint density at radius 3 is 2.45 bits per heavy atom. The van der Waals surface area contributed by atoms with Gasteiger partial charge in [0.05, 0.1) is 5.92 Å². The smallest absolute Gasteiger partial charge is 0.408 e. The number of benzene rings is 1. The van der Waals surface area contributed by atoms with E-state index in [1.807, 2.05) is 18.2 Å². The Balaban J connectivity index is 0.990. The van der Waals surface area contributed by atoms with Gasteiger partial charge in [0.1, 0.15) is 42.4 Å². The van der Waals surface area contributed by atoms with Crippen LogP contribution < -0.4 is 20.1 Å². The predicted octanol–water partition coefficient (Wildman–Crippen LogP) is 3.42. The van der Waals surface area contributed by atoms with Crippen LogP contribution in [0.5, 0.6) is 11.5 Å². The Morgan fingerprint density at radius 2 is 1.71 bits per heavy atom. The van der Waals surface area contributed by atoms with Crippen LogP contribution >= 0.6 is 0 Å². The molecular weight excluding hydrogens is 630 g/mol. The molecule has 13 nitrogen and oxygen atoms in total. The molecule has 4 aliphatic rings. The van der Waals surface area contributed by atoms with E-state index in [0.717, 1.165) is 30.4 Å². The lowest BCUT2D eigenvalue weighted by atomic mass is 9.90. The van der Waals surface area contributed by atoms with Gasteiger partial charge in [-0.25, -0.2) is 4.79 Å². The average Bonchev–Trinajstić information content (AvgIpc) is 3.39. The number of alkyl carbamates (subject to hydrolysis) is 1. The Hall–Kier alpha value is -4.68. The predicted molar refractivity (Wildman–Crippen MR) is 177 cm³/mol. The van der Waals surface area contributed by atoms with Crippen molar-refractivity contribution in [3.63, 3.8) is 0 Å². The first-order valence-corrected chi connectivity index (χ1v) is 17.2. The van der Waals surface area contributed by atoms with Crippen molar-refractivity contribution in [2.24, 2.45) is 0 Å². The van der Waals surface area contributed by atoms with E-state index < -0.39 is 23.8 Å². The molecule has 0 spiro atoms. The third-order valence-electron chi connectivity index (χ3n) is 9.64. The summed E-state index contributed by atoms with van der Waals surface area (Å²) in [5, 5.41) is 5.13. The second kappa shape index (κ2) is 14.4. The summed E-state index contributed by atoms with van der Waals surface area (Å²) in [7, 11) is 0. The van der Waals surface area contributed by atoms with Crippen molar-refractivity contribution in [3.8, 4) is 11.5 Å². The molecule has 0 radical (unpaired) electrons. The number of pyridine rings is 1. The van der Waals surface area contributed by atoms with E-state index in [0.29, 0.717) is 63.5 Å². The second-order valence-electron chi connectivity index (χ2n) is 14.2. The first-order valence-electron chi connectivity index (χ1n) is 17.2. The van der Waals surface area contributed by atoms with Gasteiger partial charge >= 0.3 is 6.09 Å². The summed E-state index contributed by atoms with van der Waals surface area (Å²) >= 11 is 0. The molecule has 0 bridgehead atoms. The lowest BCUT2D eigenvalue weighted by molar-refractivity contribution is -0.148. The van der Waals surface area contributed by atoms with Crippen LogP contribution in [0.25, 0.3) is 0 Å². The number of hydrogen-bond acceptors (Lipinski definition) is 9. The number of aromatic nitrogens is 1. The lowest BCUT2D eigenvalue weighted by Crippen LogP contribution is -2.58.